The number of carbonyl (C=O) groups excluding carboxylic acids is 4. The SMILES string of the molecule is COC(=O)C/C(C(=O)OC)=C1/CCCC2=C1N1CCCC1C2(CC(=O)OC)C(=O)OC. The first-order chi connectivity index (χ1) is 14.8. The van der Waals surface area contributed by atoms with Crippen molar-refractivity contribution in [2.45, 2.75) is 51.0 Å². The van der Waals surface area contributed by atoms with E-state index in [2.05, 4.69) is 4.90 Å². The quantitative estimate of drug-likeness (QED) is 0.349. The molecule has 0 aromatic rings. The molecule has 2 aliphatic heterocycles. The van der Waals surface area contributed by atoms with E-state index in [0.717, 1.165) is 17.7 Å². The molecule has 0 radical (unpaired) electrons. The highest BCUT2D eigenvalue weighted by Crippen LogP contribution is 2.57. The van der Waals surface area contributed by atoms with E-state index in [1.807, 2.05) is 0 Å². The second-order valence-corrected chi connectivity index (χ2v) is 7.95. The molecule has 0 amide bonds. The lowest BCUT2D eigenvalue weighted by atomic mass is 9.69. The molecule has 0 saturated carbocycles. The van der Waals surface area contributed by atoms with Crippen LogP contribution >= 0.6 is 0 Å². The molecule has 2 heterocycles. The molecule has 0 N–H and O–H groups in total. The van der Waals surface area contributed by atoms with Crippen LogP contribution in [0.4, 0.5) is 0 Å². The molecule has 170 valence electrons. The van der Waals surface area contributed by atoms with Crippen molar-refractivity contribution in [3.05, 3.63) is 22.4 Å². The highest BCUT2D eigenvalue weighted by atomic mass is 16.5. The molecule has 2 atom stereocenters. The topological polar surface area (TPSA) is 108 Å². The maximum absolute atomic E-state index is 13.2. The van der Waals surface area contributed by atoms with Gasteiger partial charge in [-0.05, 0) is 43.3 Å². The first kappa shape index (κ1) is 22.8. The summed E-state index contributed by atoms with van der Waals surface area (Å²) in [6.07, 6.45) is 2.99. The predicted molar refractivity (Wildman–Crippen MR) is 107 cm³/mol. The fraction of sp³-hybridized carbons (Fsp3) is 0.636. The van der Waals surface area contributed by atoms with Crippen molar-refractivity contribution in [3.63, 3.8) is 0 Å². The molecule has 1 saturated heterocycles. The van der Waals surface area contributed by atoms with Gasteiger partial charge in [-0.2, -0.15) is 0 Å². The summed E-state index contributed by atoms with van der Waals surface area (Å²) in [4.78, 5) is 52.4. The molecule has 0 aromatic heterocycles. The Morgan fingerprint density at radius 3 is 2.26 bits per heavy atom. The van der Waals surface area contributed by atoms with Crippen LogP contribution in [0, 0.1) is 5.41 Å². The van der Waals surface area contributed by atoms with Gasteiger partial charge in [0.1, 0.15) is 5.41 Å². The first-order valence-corrected chi connectivity index (χ1v) is 10.4. The number of hydrogen-bond donors (Lipinski definition) is 0. The summed E-state index contributed by atoms with van der Waals surface area (Å²) in [5.74, 6) is -2.13. The maximum Gasteiger partial charge on any atom is 0.334 e. The van der Waals surface area contributed by atoms with Gasteiger partial charge in [-0.25, -0.2) is 4.79 Å². The van der Waals surface area contributed by atoms with Gasteiger partial charge in [-0.15, -0.1) is 0 Å². The lowest BCUT2D eigenvalue weighted by Crippen LogP contribution is -2.46. The number of nitrogens with zero attached hydrogens (tertiary/aromatic N) is 1. The van der Waals surface area contributed by atoms with Crippen LogP contribution in [0.2, 0.25) is 0 Å². The van der Waals surface area contributed by atoms with Gasteiger partial charge in [0.15, 0.2) is 0 Å². The van der Waals surface area contributed by atoms with Crippen molar-refractivity contribution < 1.29 is 38.1 Å². The van der Waals surface area contributed by atoms with E-state index in [1.165, 1.54) is 28.4 Å². The molecule has 1 aliphatic carbocycles. The van der Waals surface area contributed by atoms with Crippen LogP contribution in [-0.4, -0.2) is 69.8 Å². The Morgan fingerprint density at radius 1 is 0.935 bits per heavy atom. The standard InChI is InChI=1S/C22H29NO8/c1-28-17(24)11-14(20(26)30-3)13-7-5-8-15-19(13)23-10-6-9-16(23)22(15,21(27)31-4)12-18(25)29-2/h16H,5-12H2,1-4H3/b14-13+. The Labute approximate surface area is 181 Å². The average Bonchev–Trinajstić information content (AvgIpc) is 3.37. The molecule has 31 heavy (non-hydrogen) atoms. The third kappa shape index (κ3) is 3.70. The summed E-state index contributed by atoms with van der Waals surface area (Å²) in [5.41, 5.74) is 1.28. The van der Waals surface area contributed by atoms with Crippen molar-refractivity contribution in [1.82, 2.24) is 4.90 Å². The molecular weight excluding hydrogens is 406 g/mol. The average molecular weight is 435 g/mol. The number of fused-ring (bicyclic) bond motifs is 2. The minimum atomic E-state index is -1.17. The first-order valence-electron chi connectivity index (χ1n) is 10.4. The van der Waals surface area contributed by atoms with E-state index in [4.69, 9.17) is 18.9 Å². The van der Waals surface area contributed by atoms with Gasteiger partial charge in [-0.1, -0.05) is 0 Å². The second-order valence-electron chi connectivity index (χ2n) is 7.95. The fourth-order valence-electron chi connectivity index (χ4n) is 5.36. The van der Waals surface area contributed by atoms with Crippen molar-refractivity contribution >= 4 is 23.9 Å². The Morgan fingerprint density at radius 2 is 1.65 bits per heavy atom. The lowest BCUT2D eigenvalue weighted by Gasteiger charge is -2.34. The van der Waals surface area contributed by atoms with Crippen molar-refractivity contribution in [2.75, 3.05) is 35.0 Å². The minimum absolute atomic E-state index is 0.131. The number of ether oxygens (including phenoxy) is 4. The maximum atomic E-state index is 13.2. The summed E-state index contributed by atoms with van der Waals surface area (Å²) < 4.78 is 19.9. The number of hydrogen-bond acceptors (Lipinski definition) is 9. The van der Waals surface area contributed by atoms with E-state index in [9.17, 15) is 19.2 Å². The summed E-state index contributed by atoms with van der Waals surface area (Å²) in [6.45, 7) is 0.680. The van der Waals surface area contributed by atoms with Crippen LogP contribution in [-0.2, 0) is 38.1 Å². The fourth-order valence-corrected chi connectivity index (χ4v) is 5.36. The Kier molecular flexibility index (Phi) is 6.71. The molecule has 0 aromatic carbocycles. The largest absolute Gasteiger partial charge is 0.469 e. The molecular formula is C22H29NO8. The number of methoxy groups -OCH3 is 4. The van der Waals surface area contributed by atoms with Crippen molar-refractivity contribution in [1.29, 1.82) is 0 Å². The van der Waals surface area contributed by atoms with Crippen LogP contribution in [0.5, 0.6) is 0 Å². The van der Waals surface area contributed by atoms with Crippen LogP contribution in [0.25, 0.3) is 0 Å². The summed E-state index contributed by atoms with van der Waals surface area (Å²) in [7, 11) is 5.14. The molecule has 9 heteroatoms. The molecule has 9 nitrogen and oxygen atoms in total. The van der Waals surface area contributed by atoms with E-state index in [1.54, 1.807) is 0 Å². The van der Waals surface area contributed by atoms with E-state index in [-0.39, 0.29) is 24.5 Å². The van der Waals surface area contributed by atoms with Crippen molar-refractivity contribution in [3.8, 4) is 0 Å². The summed E-state index contributed by atoms with van der Waals surface area (Å²) >= 11 is 0. The zero-order valence-electron chi connectivity index (χ0n) is 18.4. The lowest BCUT2D eigenvalue weighted by molar-refractivity contribution is -0.159. The minimum Gasteiger partial charge on any atom is -0.469 e. The second kappa shape index (κ2) is 9.11. The third-order valence-corrected chi connectivity index (χ3v) is 6.62. The number of rotatable bonds is 6. The van der Waals surface area contributed by atoms with Gasteiger partial charge in [-0.3, -0.25) is 14.4 Å². The van der Waals surface area contributed by atoms with Gasteiger partial charge in [0.25, 0.3) is 0 Å². The zero-order valence-corrected chi connectivity index (χ0v) is 18.4. The van der Waals surface area contributed by atoms with Gasteiger partial charge < -0.3 is 23.8 Å². The number of esters is 4. The molecule has 3 aliphatic rings. The van der Waals surface area contributed by atoms with Crippen LogP contribution < -0.4 is 0 Å². The Balaban J connectivity index is 2.25. The van der Waals surface area contributed by atoms with E-state index in [0.29, 0.717) is 37.8 Å². The van der Waals surface area contributed by atoms with Gasteiger partial charge in [0, 0.05) is 18.3 Å². The molecule has 2 unspecified atom stereocenters. The normalized spacial score (nSPS) is 26.1. The van der Waals surface area contributed by atoms with Crippen LogP contribution in [0.1, 0.15) is 44.9 Å². The van der Waals surface area contributed by atoms with Crippen molar-refractivity contribution in [2.24, 2.45) is 5.41 Å². The highest BCUT2D eigenvalue weighted by molar-refractivity contribution is 5.96. The summed E-state index contributed by atoms with van der Waals surface area (Å²) in [5, 5.41) is 0. The van der Waals surface area contributed by atoms with Gasteiger partial charge in [0.2, 0.25) is 0 Å². The van der Waals surface area contributed by atoms with Crippen LogP contribution in [0.3, 0.4) is 0 Å². The molecule has 1 fully saturated rings. The van der Waals surface area contributed by atoms with Gasteiger partial charge in [0.05, 0.1) is 46.9 Å². The van der Waals surface area contributed by atoms with Crippen LogP contribution in [0.15, 0.2) is 22.4 Å². The predicted octanol–water partition coefficient (Wildman–Crippen LogP) is 1.66. The third-order valence-electron chi connectivity index (χ3n) is 6.62. The van der Waals surface area contributed by atoms with E-state index < -0.39 is 29.3 Å². The molecule has 0 spiro atoms. The molecule has 0 bridgehead atoms. The smallest absolute Gasteiger partial charge is 0.334 e. The van der Waals surface area contributed by atoms with Gasteiger partial charge >= 0.3 is 23.9 Å². The Hall–Kier alpha value is -2.84. The zero-order chi connectivity index (χ0) is 22.8. The highest BCUT2D eigenvalue weighted by Gasteiger charge is 2.61. The Bertz CT molecular complexity index is 858. The van der Waals surface area contributed by atoms with E-state index >= 15 is 0 Å². The number of allylic oxidation sites excluding steroid dienone is 1. The summed E-state index contributed by atoms with van der Waals surface area (Å²) in [6, 6.07) is -0.269. The monoisotopic (exact) mass is 435 g/mol. The molecule has 3 rings (SSSR count). The number of carbonyl (C=O) groups is 4.